The predicted molar refractivity (Wildman–Crippen MR) is 163 cm³/mol. The molecule has 0 aromatic rings. The molecule has 6 aliphatic rings. The summed E-state index contributed by atoms with van der Waals surface area (Å²) in [5.74, 6) is 1.22. The molecule has 4 aliphatic carbocycles. The average Bonchev–Trinajstić information content (AvgIpc) is 3.31. The summed E-state index contributed by atoms with van der Waals surface area (Å²) in [4.78, 5) is 0. The van der Waals surface area contributed by atoms with Crippen LogP contribution in [0.25, 0.3) is 0 Å². The standard InChI is InChI=1S/C34H58O12/c1-16(36)20-10-13-34(41)22-7-6-18-14-19(8-11-32(18,3)21(22)9-12-33(20,34)4)44-31-27(40)29(42-5)28(17(2)43-31)46-30-26(39)25(38)24(37)23(15-35)45-30/h16-31,35-41H,6-15H2,1-5H3/t16-,17-,18-,19+,20+,21-,22+,23+,24-,25+,26+,27-,28-,29-,30+,31-,32-,33+,34-/m0/s1. The van der Waals surface area contributed by atoms with E-state index in [1.165, 1.54) is 7.11 Å². The van der Waals surface area contributed by atoms with E-state index in [9.17, 15) is 35.7 Å². The number of methoxy groups -OCH3 is 1. The van der Waals surface area contributed by atoms with E-state index in [0.717, 1.165) is 57.8 Å². The molecule has 2 aliphatic heterocycles. The molecule has 0 bridgehead atoms. The molecule has 0 spiro atoms. The van der Waals surface area contributed by atoms with Gasteiger partial charge in [0.15, 0.2) is 12.6 Å². The Labute approximate surface area is 272 Å². The molecule has 0 radical (unpaired) electrons. The Balaban J connectivity index is 1.09. The van der Waals surface area contributed by atoms with Crippen LogP contribution in [0.15, 0.2) is 0 Å². The van der Waals surface area contributed by atoms with Crippen LogP contribution in [0.5, 0.6) is 0 Å². The predicted octanol–water partition coefficient (Wildman–Crippen LogP) is 0.832. The van der Waals surface area contributed by atoms with Crippen LogP contribution in [0.2, 0.25) is 0 Å². The summed E-state index contributed by atoms with van der Waals surface area (Å²) in [7, 11) is 1.44. The molecule has 0 aromatic heterocycles. The van der Waals surface area contributed by atoms with E-state index in [1.807, 2.05) is 6.92 Å². The van der Waals surface area contributed by atoms with E-state index < -0.39 is 79.7 Å². The van der Waals surface area contributed by atoms with Crippen molar-refractivity contribution in [1.29, 1.82) is 0 Å². The molecule has 0 aromatic carbocycles. The van der Waals surface area contributed by atoms with Crippen LogP contribution in [0.1, 0.15) is 85.5 Å². The van der Waals surface area contributed by atoms with Crippen LogP contribution >= 0.6 is 0 Å². The number of hydrogen-bond acceptors (Lipinski definition) is 12. The van der Waals surface area contributed by atoms with Gasteiger partial charge in [-0.1, -0.05) is 13.8 Å². The second kappa shape index (κ2) is 13.0. The average molecular weight is 659 g/mol. The fourth-order valence-corrected chi connectivity index (χ4v) is 11.2. The van der Waals surface area contributed by atoms with Gasteiger partial charge in [0.1, 0.15) is 42.7 Å². The minimum Gasteiger partial charge on any atom is -0.394 e. The van der Waals surface area contributed by atoms with E-state index >= 15 is 0 Å². The smallest absolute Gasteiger partial charge is 0.187 e. The zero-order valence-corrected chi connectivity index (χ0v) is 28.0. The van der Waals surface area contributed by atoms with Gasteiger partial charge in [-0.3, -0.25) is 0 Å². The van der Waals surface area contributed by atoms with Gasteiger partial charge in [0, 0.05) is 12.5 Å². The highest BCUT2D eigenvalue weighted by Gasteiger charge is 2.67. The van der Waals surface area contributed by atoms with Gasteiger partial charge in [0.25, 0.3) is 0 Å². The molecule has 6 fully saturated rings. The third kappa shape index (κ3) is 5.51. The Bertz CT molecular complexity index is 1060. The second-order valence-corrected chi connectivity index (χ2v) is 16.0. The van der Waals surface area contributed by atoms with Crippen molar-refractivity contribution in [3.8, 4) is 0 Å². The first-order chi connectivity index (χ1) is 21.7. The van der Waals surface area contributed by atoms with E-state index in [2.05, 4.69) is 13.8 Å². The molecular formula is C34H58O12. The summed E-state index contributed by atoms with van der Waals surface area (Å²) in [5.41, 5.74) is -0.904. The minimum atomic E-state index is -1.59. The summed E-state index contributed by atoms with van der Waals surface area (Å²) in [6.45, 7) is 7.67. The lowest BCUT2D eigenvalue weighted by Crippen LogP contribution is -2.64. The first-order valence-electron chi connectivity index (χ1n) is 17.6. The molecule has 7 N–H and O–H groups in total. The van der Waals surface area contributed by atoms with Crippen molar-refractivity contribution in [3.05, 3.63) is 0 Å². The van der Waals surface area contributed by atoms with Crippen LogP contribution in [-0.4, -0.2) is 129 Å². The van der Waals surface area contributed by atoms with Crippen LogP contribution < -0.4 is 0 Å². The maximum atomic E-state index is 12.3. The van der Waals surface area contributed by atoms with Gasteiger partial charge in [-0.15, -0.1) is 0 Å². The summed E-state index contributed by atoms with van der Waals surface area (Å²) >= 11 is 0. The Kier molecular flexibility index (Phi) is 9.99. The number of aliphatic hydroxyl groups is 7. The van der Waals surface area contributed by atoms with E-state index in [0.29, 0.717) is 11.8 Å². The molecule has 0 unspecified atom stereocenters. The summed E-state index contributed by atoms with van der Waals surface area (Å²) in [5, 5.41) is 74.5. The highest BCUT2D eigenvalue weighted by molar-refractivity contribution is 5.17. The third-order valence-electron chi connectivity index (χ3n) is 13.9. The van der Waals surface area contributed by atoms with Crippen LogP contribution in [0.3, 0.4) is 0 Å². The lowest BCUT2D eigenvalue weighted by molar-refractivity contribution is -0.362. The van der Waals surface area contributed by atoms with Gasteiger partial charge in [0.05, 0.1) is 30.5 Å². The summed E-state index contributed by atoms with van der Waals surface area (Å²) in [6, 6.07) is 0. The highest BCUT2D eigenvalue weighted by atomic mass is 16.7. The maximum Gasteiger partial charge on any atom is 0.187 e. The fraction of sp³-hybridized carbons (Fsp3) is 1.00. The number of fused-ring (bicyclic) bond motifs is 5. The monoisotopic (exact) mass is 658 g/mol. The molecule has 46 heavy (non-hydrogen) atoms. The van der Waals surface area contributed by atoms with E-state index in [4.69, 9.17) is 23.7 Å². The molecular weight excluding hydrogens is 600 g/mol. The van der Waals surface area contributed by atoms with Crippen LogP contribution in [-0.2, 0) is 23.7 Å². The number of aliphatic hydroxyl groups excluding tert-OH is 6. The van der Waals surface area contributed by atoms with E-state index in [1.54, 1.807) is 6.92 Å². The minimum absolute atomic E-state index is 0.0848. The van der Waals surface area contributed by atoms with Crippen molar-refractivity contribution in [1.82, 2.24) is 0 Å². The zero-order chi connectivity index (χ0) is 33.3. The molecule has 12 heteroatoms. The van der Waals surface area contributed by atoms with Gasteiger partial charge < -0.3 is 59.4 Å². The molecule has 12 nitrogen and oxygen atoms in total. The van der Waals surface area contributed by atoms with Crippen LogP contribution in [0, 0.1) is 34.5 Å². The Hall–Kier alpha value is -0.480. The van der Waals surface area contributed by atoms with Crippen molar-refractivity contribution in [2.45, 2.75) is 165 Å². The lowest BCUT2D eigenvalue weighted by Gasteiger charge is -2.64. The lowest BCUT2D eigenvalue weighted by atomic mass is 9.43. The summed E-state index contributed by atoms with van der Waals surface area (Å²) in [6.07, 6.45) is -4.14. The first-order valence-corrected chi connectivity index (χ1v) is 17.6. The largest absolute Gasteiger partial charge is 0.394 e. The van der Waals surface area contributed by atoms with Crippen molar-refractivity contribution >= 4 is 0 Å². The molecule has 266 valence electrons. The van der Waals surface area contributed by atoms with Crippen molar-refractivity contribution in [3.63, 3.8) is 0 Å². The Morgan fingerprint density at radius 1 is 0.804 bits per heavy atom. The maximum absolute atomic E-state index is 12.3. The van der Waals surface area contributed by atoms with Crippen molar-refractivity contribution in [2.75, 3.05) is 13.7 Å². The molecule has 6 rings (SSSR count). The van der Waals surface area contributed by atoms with Gasteiger partial charge in [-0.05, 0) is 101 Å². The fourth-order valence-electron chi connectivity index (χ4n) is 11.2. The zero-order valence-electron chi connectivity index (χ0n) is 28.0. The van der Waals surface area contributed by atoms with Gasteiger partial charge in [-0.25, -0.2) is 0 Å². The second-order valence-electron chi connectivity index (χ2n) is 16.0. The van der Waals surface area contributed by atoms with E-state index in [-0.39, 0.29) is 28.8 Å². The third-order valence-corrected chi connectivity index (χ3v) is 13.9. The van der Waals surface area contributed by atoms with Gasteiger partial charge in [-0.2, -0.15) is 0 Å². The summed E-state index contributed by atoms with van der Waals surface area (Å²) < 4.78 is 29.8. The normalized spacial score (nSPS) is 56.5. The Morgan fingerprint density at radius 2 is 1.52 bits per heavy atom. The molecule has 2 heterocycles. The van der Waals surface area contributed by atoms with Crippen molar-refractivity contribution in [2.24, 2.45) is 34.5 Å². The molecule has 2 saturated heterocycles. The molecule has 4 saturated carbocycles. The SMILES string of the molecule is CO[C@H]1[C@H](O)[C@H](O[C@@H]2CC[C@@]3(C)[C@@H](CC[C@@H]4[C@@H]3CC[C@]3(C)[C@@H]([C@H](C)O)CC[C@]43O)C2)O[C@@H](C)[C@@H]1O[C@H]1O[C@H](CO)[C@H](O)[C@@H](O)[C@H]1O. The van der Waals surface area contributed by atoms with Gasteiger partial charge >= 0.3 is 0 Å². The Morgan fingerprint density at radius 3 is 2.20 bits per heavy atom. The highest BCUT2D eigenvalue weighted by Crippen LogP contribution is 2.69. The number of hydrogen-bond donors (Lipinski definition) is 7. The number of ether oxygens (including phenoxy) is 5. The van der Waals surface area contributed by atoms with Crippen molar-refractivity contribution < 1.29 is 59.4 Å². The first kappa shape index (κ1) is 35.3. The molecule has 19 atom stereocenters. The topological polar surface area (TPSA) is 188 Å². The quantitative estimate of drug-likeness (QED) is 0.191. The van der Waals surface area contributed by atoms with Gasteiger partial charge in [0.2, 0.25) is 0 Å². The van der Waals surface area contributed by atoms with Crippen LogP contribution in [0.4, 0.5) is 0 Å². The molecule has 0 amide bonds. The number of rotatable bonds is 7.